The quantitative estimate of drug-likeness (QED) is 0.655. The van der Waals surface area contributed by atoms with Crippen LogP contribution in [0.2, 0.25) is 0 Å². The van der Waals surface area contributed by atoms with Crippen molar-refractivity contribution >= 4 is 12.4 Å². The van der Waals surface area contributed by atoms with Crippen LogP contribution in [0.25, 0.3) is 0 Å². The minimum absolute atomic E-state index is 0. The normalized spacial score (nSPS) is 25.7. The number of hydrogen-bond acceptors (Lipinski definition) is 1. The van der Waals surface area contributed by atoms with E-state index in [2.05, 4.69) is 17.5 Å². The molecule has 0 aromatic rings. The Hall–Kier alpha value is -0.0100. The first-order valence-corrected chi connectivity index (χ1v) is 4.84. The van der Waals surface area contributed by atoms with Crippen LogP contribution in [0, 0.1) is 11.8 Å². The summed E-state index contributed by atoms with van der Waals surface area (Å²) in [7, 11) is 0. The second-order valence-corrected chi connectivity index (χ2v) is 3.81. The van der Waals surface area contributed by atoms with Gasteiger partial charge in [0.2, 0.25) is 0 Å². The molecule has 0 spiro atoms. The summed E-state index contributed by atoms with van der Waals surface area (Å²) in [6.07, 6.45) is 10.5. The first kappa shape index (κ1) is 10.1. The molecule has 1 nitrogen and oxygen atoms in total. The van der Waals surface area contributed by atoms with Crippen molar-refractivity contribution in [3.63, 3.8) is 0 Å². The molecule has 1 aliphatic heterocycles. The van der Waals surface area contributed by atoms with Crippen LogP contribution in [0.4, 0.5) is 0 Å². The molecule has 0 aromatic heterocycles. The average molecular weight is 188 g/mol. The van der Waals surface area contributed by atoms with E-state index < -0.39 is 0 Å². The van der Waals surface area contributed by atoms with Crippen LogP contribution in [0.5, 0.6) is 0 Å². The van der Waals surface area contributed by atoms with E-state index >= 15 is 0 Å². The summed E-state index contributed by atoms with van der Waals surface area (Å²) in [5.74, 6) is 1.85. The van der Waals surface area contributed by atoms with Gasteiger partial charge < -0.3 is 5.32 Å². The molecule has 0 unspecified atom stereocenters. The van der Waals surface area contributed by atoms with E-state index in [-0.39, 0.29) is 12.4 Å². The maximum Gasteiger partial charge on any atom is -0.00433 e. The fourth-order valence-corrected chi connectivity index (χ4v) is 1.64. The molecular weight excluding hydrogens is 170 g/mol. The molecule has 2 heteroatoms. The van der Waals surface area contributed by atoms with Crippen LogP contribution in [-0.4, -0.2) is 13.1 Å². The lowest BCUT2D eigenvalue weighted by Crippen LogP contribution is -2.26. The molecule has 0 amide bonds. The first-order valence-electron chi connectivity index (χ1n) is 4.84. The highest BCUT2D eigenvalue weighted by atomic mass is 35.5. The largest absolute Gasteiger partial charge is 0.317 e. The van der Waals surface area contributed by atoms with Gasteiger partial charge in [0.25, 0.3) is 0 Å². The van der Waals surface area contributed by atoms with Crippen molar-refractivity contribution < 1.29 is 0 Å². The zero-order valence-corrected chi connectivity index (χ0v) is 8.28. The van der Waals surface area contributed by atoms with Gasteiger partial charge in [-0.25, -0.2) is 0 Å². The number of hydrogen-bond donors (Lipinski definition) is 1. The molecule has 0 radical (unpaired) electrons. The summed E-state index contributed by atoms with van der Waals surface area (Å²) < 4.78 is 0. The molecule has 1 N–H and O–H groups in total. The first-order chi connectivity index (χ1) is 5.45. The van der Waals surface area contributed by atoms with Gasteiger partial charge in [-0.3, -0.25) is 0 Å². The minimum Gasteiger partial charge on any atom is -0.317 e. The van der Waals surface area contributed by atoms with Gasteiger partial charge in [-0.15, -0.1) is 12.4 Å². The van der Waals surface area contributed by atoms with E-state index in [0.717, 1.165) is 11.8 Å². The zero-order chi connectivity index (χ0) is 7.52. The predicted molar refractivity (Wildman–Crippen MR) is 54.7 cm³/mol. The van der Waals surface area contributed by atoms with Crippen LogP contribution in [0.1, 0.15) is 25.7 Å². The van der Waals surface area contributed by atoms with Crippen molar-refractivity contribution in [2.24, 2.45) is 11.8 Å². The fourth-order valence-electron chi connectivity index (χ4n) is 1.64. The van der Waals surface area contributed by atoms with Crippen LogP contribution >= 0.6 is 12.4 Å². The molecule has 0 aromatic carbocycles. The molecular formula is C10H18ClN. The summed E-state index contributed by atoms with van der Waals surface area (Å²) in [6.45, 7) is 2.44. The molecule has 1 aliphatic carbocycles. The molecule has 1 saturated carbocycles. The standard InChI is InChI=1S/C10H17N.ClH/c1-2-9(1)3-4-10-5-7-11-8-6-10;/h3-4,9-11H,1-2,5-8H2;1H/b4-3+;. The van der Waals surface area contributed by atoms with Crippen molar-refractivity contribution in [1.82, 2.24) is 5.32 Å². The lowest BCUT2D eigenvalue weighted by atomic mass is 9.97. The van der Waals surface area contributed by atoms with Gasteiger partial charge in [-0.05, 0) is 50.6 Å². The van der Waals surface area contributed by atoms with Gasteiger partial charge >= 0.3 is 0 Å². The number of nitrogens with one attached hydrogen (secondary N) is 1. The van der Waals surface area contributed by atoms with Crippen molar-refractivity contribution in [2.45, 2.75) is 25.7 Å². The molecule has 1 saturated heterocycles. The van der Waals surface area contributed by atoms with E-state index in [1.165, 1.54) is 38.8 Å². The van der Waals surface area contributed by atoms with Crippen molar-refractivity contribution in [2.75, 3.05) is 13.1 Å². The Morgan fingerprint density at radius 1 is 0.833 bits per heavy atom. The summed E-state index contributed by atoms with van der Waals surface area (Å²) in [5, 5.41) is 3.38. The summed E-state index contributed by atoms with van der Waals surface area (Å²) in [6, 6.07) is 0. The highest BCUT2D eigenvalue weighted by Crippen LogP contribution is 2.31. The van der Waals surface area contributed by atoms with Crippen LogP contribution in [0.15, 0.2) is 12.2 Å². The number of halogens is 1. The zero-order valence-electron chi connectivity index (χ0n) is 7.46. The van der Waals surface area contributed by atoms with Gasteiger partial charge in [-0.2, -0.15) is 0 Å². The molecule has 12 heavy (non-hydrogen) atoms. The molecule has 2 fully saturated rings. The van der Waals surface area contributed by atoms with Gasteiger partial charge in [0, 0.05) is 0 Å². The van der Waals surface area contributed by atoms with Gasteiger partial charge in [0.15, 0.2) is 0 Å². The topological polar surface area (TPSA) is 12.0 Å². The minimum atomic E-state index is 0. The molecule has 1 heterocycles. The highest BCUT2D eigenvalue weighted by Gasteiger charge is 2.18. The molecule has 0 bridgehead atoms. The van der Waals surface area contributed by atoms with Crippen molar-refractivity contribution in [3.8, 4) is 0 Å². The Kier molecular flexibility index (Phi) is 4.10. The molecule has 0 atom stereocenters. The lowest BCUT2D eigenvalue weighted by molar-refractivity contribution is 0.436. The van der Waals surface area contributed by atoms with Gasteiger partial charge in [0.05, 0.1) is 0 Å². The van der Waals surface area contributed by atoms with E-state index in [1.54, 1.807) is 0 Å². The van der Waals surface area contributed by atoms with E-state index in [9.17, 15) is 0 Å². The number of allylic oxidation sites excluding steroid dienone is 2. The second-order valence-electron chi connectivity index (χ2n) is 3.81. The Balaban J connectivity index is 0.000000720. The molecule has 70 valence electrons. The number of piperidine rings is 1. The van der Waals surface area contributed by atoms with E-state index in [4.69, 9.17) is 0 Å². The van der Waals surface area contributed by atoms with Crippen molar-refractivity contribution in [3.05, 3.63) is 12.2 Å². The Bertz CT molecular complexity index is 146. The SMILES string of the molecule is C(=C\C1CC1)/C1CCNCC1.Cl. The maximum absolute atomic E-state index is 3.38. The smallest absolute Gasteiger partial charge is 0.00433 e. The second kappa shape index (κ2) is 4.88. The summed E-state index contributed by atoms with van der Waals surface area (Å²) in [4.78, 5) is 0. The van der Waals surface area contributed by atoms with Crippen LogP contribution < -0.4 is 5.32 Å². The predicted octanol–water partition coefficient (Wildman–Crippen LogP) is 2.37. The van der Waals surface area contributed by atoms with Crippen LogP contribution in [0.3, 0.4) is 0 Å². The third kappa shape index (κ3) is 3.16. The third-order valence-electron chi connectivity index (χ3n) is 2.66. The lowest BCUT2D eigenvalue weighted by Gasteiger charge is -2.19. The summed E-state index contributed by atoms with van der Waals surface area (Å²) >= 11 is 0. The maximum atomic E-state index is 3.38. The van der Waals surface area contributed by atoms with Crippen molar-refractivity contribution in [1.29, 1.82) is 0 Å². The monoisotopic (exact) mass is 187 g/mol. The Morgan fingerprint density at radius 2 is 1.33 bits per heavy atom. The summed E-state index contributed by atoms with van der Waals surface area (Å²) in [5.41, 5.74) is 0. The Labute approximate surface area is 81.0 Å². The van der Waals surface area contributed by atoms with Gasteiger partial charge in [0.1, 0.15) is 0 Å². The Morgan fingerprint density at radius 3 is 1.83 bits per heavy atom. The average Bonchev–Trinajstić information content (AvgIpc) is 2.86. The van der Waals surface area contributed by atoms with Crippen LogP contribution in [-0.2, 0) is 0 Å². The fraction of sp³-hybridized carbons (Fsp3) is 0.800. The van der Waals surface area contributed by atoms with E-state index in [1.807, 2.05) is 0 Å². The van der Waals surface area contributed by atoms with E-state index in [0.29, 0.717) is 0 Å². The highest BCUT2D eigenvalue weighted by molar-refractivity contribution is 5.85. The molecule has 2 aliphatic rings. The molecule has 2 rings (SSSR count). The van der Waals surface area contributed by atoms with Gasteiger partial charge in [-0.1, -0.05) is 12.2 Å². The third-order valence-corrected chi connectivity index (χ3v) is 2.66. The number of rotatable bonds is 2.